The van der Waals surface area contributed by atoms with E-state index in [2.05, 4.69) is 58.9 Å². The summed E-state index contributed by atoms with van der Waals surface area (Å²) in [6.07, 6.45) is 10.6. The van der Waals surface area contributed by atoms with Gasteiger partial charge in [-0.05, 0) is 51.6 Å². The molecule has 134 valence electrons. The molecule has 1 aromatic rings. The SMILES string of the molecule is CCCCCCCCCc1cccc(B2OC(C)(C)C(C)(C)O2)c1. The Balaban J connectivity index is 1.82. The van der Waals surface area contributed by atoms with Crippen LogP contribution < -0.4 is 5.46 Å². The van der Waals surface area contributed by atoms with Crippen molar-refractivity contribution in [2.24, 2.45) is 0 Å². The predicted molar refractivity (Wildman–Crippen MR) is 104 cm³/mol. The number of hydrogen-bond donors (Lipinski definition) is 0. The highest BCUT2D eigenvalue weighted by atomic mass is 16.7. The fourth-order valence-corrected chi connectivity index (χ4v) is 3.16. The summed E-state index contributed by atoms with van der Waals surface area (Å²) in [5, 5.41) is 0. The normalized spacial score (nSPS) is 19.0. The summed E-state index contributed by atoms with van der Waals surface area (Å²) in [7, 11) is -0.246. The fraction of sp³-hybridized carbons (Fsp3) is 0.714. The Morgan fingerprint density at radius 1 is 0.833 bits per heavy atom. The summed E-state index contributed by atoms with van der Waals surface area (Å²) in [5.74, 6) is 0. The Labute approximate surface area is 149 Å². The third kappa shape index (κ3) is 5.10. The summed E-state index contributed by atoms with van der Waals surface area (Å²) in [6, 6.07) is 8.75. The molecule has 2 nitrogen and oxygen atoms in total. The maximum atomic E-state index is 6.16. The van der Waals surface area contributed by atoms with Crippen LogP contribution in [0.5, 0.6) is 0 Å². The molecule has 2 rings (SSSR count). The van der Waals surface area contributed by atoms with Crippen molar-refractivity contribution in [3.63, 3.8) is 0 Å². The van der Waals surface area contributed by atoms with E-state index in [0.29, 0.717) is 0 Å². The van der Waals surface area contributed by atoms with E-state index in [1.807, 2.05) is 0 Å². The van der Waals surface area contributed by atoms with Gasteiger partial charge in [-0.25, -0.2) is 0 Å². The van der Waals surface area contributed by atoms with Gasteiger partial charge in [-0.3, -0.25) is 0 Å². The molecule has 0 N–H and O–H groups in total. The second-order valence-electron chi connectivity index (χ2n) is 8.20. The minimum atomic E-state index is -0.272. The lowest BCUT2D eigenvalue weighted by atomic mass is 9.78. The Kier molecular flexibility index (Phi) is 6.94. The van der Waals surface area contributed by atoms with Crippen LogP contribution in [0.2, 0.25) is 0 Å². The molecule has 1 fully saturated rings. The van der Waals surface area contributed by atoms with Gasteiger partial charge in [-0.2, -0.15) is 0 Å². The molecule has 1 aromatic carbocycles. The van der Waals surface area contributed by atoms with E-state index >= 15 is 0 Å². The first-order chi connectivity index (χ1) is 11.4. The van der Waals surface area contributed by atoms with Crippen LogP contribution in [0.25, 0.3) is 0 Å². The van der Waals surface area contributed by atoms with Crippen molar-refractivity contribution in [2.75, 3.05) is 0 Å². The van der Waals surface area contributed by atoms with Crippen LogP contribution in [-0.4, -0.2) is 18.3 Å². The highest BCUT2D eigenvalue weighted by Crippen LogP contribution is 2.36. The third-order valence-electron chi connectivity index (χ3n) is 5.55. The lowest BCUT2D eigenvalue weighted by Gasteiger charge is -2.32. The van der Waals surface area contributed by atoms with Crippen LogP contribution in [0, 0.1) is 0 Å². The Bertz CT molecular complexity index is 494. The quantitative estimate of drug-likeness (QED) is 0.453. The van der Waals surface area contributed by atoms with E-state index in [0.717, 1.165) is 11.9 Å². The van der Waals surface area contributed by atoms with Gasteiger partial charge in [0.2, 0.25) is 0 Å². The van der Waals surface area contributed by atoms with E-state index in [1.165, 1.54) is 50.5 Å². The van der Waals surface area contributed by atoms with Gasteiger partial charge in [0.05, 0.1) is 11.2 Å². The van der Waals surface area contributed by atoms with E-state index in [-0.39, 0.29) is 18.3 Å². The standard InChI is InChI=1S/C21H35BO2/c1-6-7-8-9-10-11-12-14-18-15-13-16-19(17-18)22-23-20(2,3)21(4,5)24-22/h13,15-17H,6-12,14H2,1-5H3. The molecule has 0 bridgehead atoms. The predicted octanol–water partition coefficient (Wildman–Crippen LogP) is 5.28. The zero-order valence-electron chi connectivity index (χ0n) is 16.4. The Morgan fingerprint density at radius 3 is 2.04 bits per heavy atom. The molecule has 0 unspecified atom stereocenters. The van der Waals surface area contributed by atoms with Gasteiger partial charge in [0.15, 0.2) is 0 Å². The number of rotatable bonds is 9. The lowest BCUT2D eigenvalue weighted by molar-refractivity contribution is 0.00578. The van der Waals surface area contributed by atoms with Crippen molar-refractivity contribution < 1.29 is 9.31 Å². The molecule has 1 aliphatic rings. The van der Waals surface area contributed by atoms with Crippen LogP contribution in [0.3, 0.4) is 0 Å². The van der Waals surface area contributed by atoms with Crippen LogP contribution in [0.4, 0.5) is 0 Å². The Hall–Kier alpha value is -0.795. The third-order valence-corrected chi connectivity index (χ3v) is 5.55. The topological polar surface area (TPSA) is 18.5 Å². The molecule has 1 aliphatic heterocycles. The molecule has 24 heavy (non-hydrogen) atoms. The van der Waals surface area contributed by atoms with Gasteiger partial charge in [-0.15, -0.1) is 0 Å². The van der Waals surface area contributed by atoms with Gasteiger partial charge in [0.1, 0.15) is 0 Å². The molecule has 1 heterocycles. The summed E-state index contributed by atoms with van der Waals surface area (Å²) in [6.45, 7) is 10.7. The molecule has 0 aliphatic carbocycles. The first-order valence-corrected chi connectivity index (χ1v) is 9.80. The monoisotopic (exact) mass is 330 g/mol. The van der Waals surface area contributed by atoms with Crippen molar-refractivity contribution in [3.8, 4) is 0 Å². The van der Waals surface area contributed by atoms with E-state index in [4.69, 9.17) is 9.31 Å². The van der Waals surface area contributed by atoms with E-state index < -0.39 is 0 Å². The van der Waals surface area contributed by atoms with Crippen molar-refractivity contribution in [2.45, 2.75) is 97.2 Å². The molecule has 0 atom stereocenters. The van der Waals surface area contributed by atoms with Crippen LogP contribution in [0.15, 0.2) is 24.3 Å². The highest BCUT2D eigenvalue weighted by molar-refractivity contribution is 6.62. The maximum absolute atomic E-state index is 6.16. The second kappa shape index (κ2) is 8.53. The van der Waals surface area contributed by atoms with Crippen molar-refractivity contribution >= 4 is 12.6 Å². The minimum absolute atomic E-state index is 0.246. The number of hydrogen-bond acceptors (Lipinski definition) is 2. The minimum Gasteiger partial charge on any atom is -0.399 e. The van der Waals surface area contributed by atoms with Crippen LogP contribution in [-0.2, 0) is 15.7 Å². The van der Waals surface area contributed by atoms with Crippen LogP contribution >= 0.6 is 0 Å². The smallest absolute Gasteiger partial charge is 0.399 e. The molecule has 3 heteroatoms. The molecule has 0 saturated carbocycles. The molecule has 0 aromatic heterocycles. The van der Waals surface area contributed by atoms with Crippen LogP contribution in [0.1, 0.15) is 85.1 Å². The number of aryl methyl sites for hydroxylation is 1. The Morgan fingerprint density at radius 2 is 1.42 bits per heavy atom. The molecule has 1 saturated heterocycles. The van der Waals surface area contributed by atoms with Gasteiger partial charge in [0.25, 0.3) is 0 Å². The zero-order chi connectivity index (χ0) is 17.6. The first kappa shape index (κ1) is 19.5. The molecule has 0 radical (unpaired) electrons. The molecule has 0 spiro atoms. The van der Waals surface area contributed by atoms with Crippen molar-refractivity contribution in [1.29, 1.82) is 0 Å². The van der Waals surface area contributed by atoms with E-state index in [1.54, 1.807) is 0 Å². The summed E-state index contributed by atoms with van der Waals surface area (Å²) < 4.78 is 12.3. The molecule has 0 amide bonds. The van der Waals surface area contributed by atoms with E-state index in [9.17, 15) is 0 Å². The largest absolute Gasteiger partial charge is 0.494 e. The molecular weight excluding hydrogens is 295 g/mol. The fourth-order valence-electron chi connectivity index (χ4n) is 3.16. The number of unbranched alkanes of at least 4 members (excludes halogenated alkanes) is 6. The van der Waals surface area contributed by atoms with Gasteiger partial charge in [0, 0.05) is 0 Å². The summed E-state index contributed by atoms with van der Waals surface area (Å²) in [4.78, 5) is 0. The average molecular weight is 330 g/mol. The highest BCUT2D eigenvalue weighted by Gasteiger charge is 2.51. The average Bonchev–Trinajstić information content (AvgIpc) is 2.75. The number of benzene rings is 1. The second-order valence-corrected chi connectivity index (χ2v) is 8.20. The van der Waals surface area contributed by atoms with Crippen molar-refractivity contribution in [1.82, 2.24) is 0 Å². The first-order valence-electron chi connectivity index (χ1n) is 9.80. The zero-order valence-corrected chi connectivity index (χ0v) is 16.4. The summed E-state index contributed by atoms with van der Waals surface area (Å²) >= 11 is 0. The van der Waals surface area contributed by atoms with Gasteiger partial charge >= 0.3 is 7.12 Å². The summed E-state index contributed by atoms with van der Waals surface area (Å²) in [5.41, 5.74) is 2.00. The maximum Gasteiger partial charge on any atom is 0.494 e. The lowest BCUT2D eigenvalue weighted by Crippen LogP contribution is -2.41. The van der Waals surface area contributed by atoms with Gasteiger partial charge in [-0.1, -0.05) is 69.7 Å². The van der Waals surface area contributed by atoms with Gasteiger partial charge < -0.3 is 9.31 Å². The van der Waals surface area contributed by atoms with Crippen molar-refractivity contribution in [3.05, 3.63) is 29.8 Å². The molecular formula is C21H35BO2.